The van der Waals surface area contributed by atoms with Gasteiger partial charge in [0.05, 0.1) is 0 Å². The highest BCUT2D eigenvalue weighted by Gasteiger charge is 2.34. The van der Waals surface area contributed by atoms with E-state index in [2.05, 4.69) is 69.3 Å². The largest absolute Gasteiger partial charge is 0.107 e. The van der Waals surface area contributed by atoms with Gasteiger partial charge in [0.2, 0.25) is 0 Å². The lowest BCUT2D eigenvalue weighted by atomic mass is 10.1. The SMILES string of the molecule is CC(C)C(C)[SiH]1c2ccccc2-c2ccccc21. The van der Waals surface area contributed by atoms with Crippen molar-refractivity contribution < 1.29 is 0 Å². The van der Waals surface area contributed by atoms with Crippen molar-refractivity contribution in [2.45, 2.75) is 26.3 Å². The molecule has 1 aliphatic rings. The Labute approximate surface area is 111 Å². The minimum atomic E-state index is -1.03. The predicted octanol–water partition coefficient (Wildman–Crippen LogP) is 3.05. The molecule has 0 bridgehead atoms. The highest BCUT2D eigenvalue weighted by Crippen LogP contribution is 2.30. The van der Waals surface area contributed by atoms with E-state index in [9.17, 15) is 0 Å². The van der Waals surface area contributed by atoms with Gasteiger partial charge >= 0.3 is 0 Å². The van der Waals surface area contributed by atoms with Gasteiger partial charge < -0.3 is 0 Å². The van der Waals surface area contributed by atoms with Gasteiger partial charge in [0.15, 0.2) is 0 Å². The first-order valence-corrected chi connectivity index (χ1v) is 8.70. The van der Waals surface area contributed by atoms with E-state index in [1.165, 1.54) is 11.1 Å². The van der Waals surface area contributed by atoms with Crippen LogP contribution in [0.25, 0.3) is 11.1 Å². The number of rotatable bonds is 2. The van der Waals surface area contributed by atoms with Gasteiger partial charge in [-0.15, -0.1) is 0 Å². The third-order valence-electron chi connectivity index (χ3n) is 4.46. The fraction of sp³-hybridized carbons (Fsp3) is 0.294. The normalized spacial score (nSPS) is 15.6. The lowest BCUT2D eigenvalue weighted by Crippen LogP contribution is -2.43. The van der Waals surface area contributed by atoms with Crippen LogP contribution in [0.5, 0.6) is 0 Å². The second kappa shape index (κ2) is 4.40. The van der Waals surface area contributed by atoms with Crippen LogP contribution in [0.2, 0.25) is 5.54 Å². The lowest BCUT2D eigenvalue weighted by Gasteiger charge is -2.23. The van der Waals surface area contributed by atoms with Gasteiger partial charge in [0.1, 0.15) is 8.80 Å². The third kappa shape index (κ3) is 1.65. The molecule has 1 heterocycles. The molecule has 3 rings (SSSR count). The molecule has 0 saturated heterocycles. The molecule has 92 valence electrons. The third-order valence-corrected chi connectivity index (χ3v) is 8.63. The van der Waals surface area contributed by atoms with Crippen LogP contribution < -0.4 is 10.4 Å². The summed E-state index contributed by atoms with van der Waals surface area (Å²) >= 11 is 0. The summed E-state index contributed by atoms with van der Waals surface area (Å²) in [6.07, 6.45) is 0. The second-order valence-electron chi connectivity index (χ2n) is 5.76. The van der Waals surface area contributed by atoms with Crippen molar-refractivity contribution in [2.75, 3.05) is 0 Å². The molecule has 0 saturated carbocycles. The molecule has 0 spiro atoms. The molecule has 2 aromatic carbocycles. The molecule has 0 radical (unpaired) electrons. The zero-order valence-electron chi connectivity index (χ0n) is 11.4. The van der Waals surface area contributed by atoms with E-state index < -0.39 is 8.80 Å². The number of fused-ring (bicyclic) bond motifs is 3. The van der Waals surface area contributed by atoms with Crippen molar-refractivity contribution in [3.8, 4) is 11.1 Å². The molecule has 1 unspecified atom stereocenters. The number of benzene rings is 2. The van der Waals surface area contributed by atoms with Gasteiger partial charge in [-0.3, -0.25) is 0 Å². The zero-order chi connectivity index (χ0) is 12.7. The van der Waals surface area contributed by atoms with Crippen LogP contribution >= 0.6 is 0 Å². The first-order valence-electron chi connectivity index (χ1n) is 6.88. The average molecular weight is 252 g/mol. The van der Waals surface area contributed by atoms with Crippen LogP contribution in [0, 0.1) is 5.92 Å². The van der Waals surface area contributed by atoms with Gasteiger partial charge in [0.25, 0.3) is 0 Å². The Morgan fingerprint density at radius 1 is 0.722 bits per heavy atom. The summed E-state index contributed by atoms with van der Waals surface area (Å²) in [4.78, 5) is 0. The quantitative estimate of drug-likeness (QED) is 0.721. The Morgan fingerprint density at radius 3 is 1.61 bits per heavy atom. The van der Waals surface area contributed by atoms with Crippen LogP contribution in [0.15, 0.2) is 48.5 Å². The Bertz CT molecular complexity index is 526. The minimum Gasteiger partial charge on any atom is -0.0643 e. The van der Waals surface area contributed by atoms with Gasteiger partial charge in [-0.25, -0.2) is 0 Å². The first-order chi connectivity index (χ1) is 8.70. The molecule has 2 aromatic rings. The van der Waals surface area contributed by atoms with Crippen LogP contribution in [0.1, 0.15) is 20.8 Å². The molecule has 0 N–H and O–H groups in total. The van der Waals surface area contributed by atoms with Gasteiger partial charge in [-0.1, -0.05) is 69.3 Å². The topological polar surface area (TPSA) is 0 Å². The van der Waals surface area contributed by atoms with E-state index in [4.69, 9.17) is 0 Å². The van der Waals surface area contributed by atoms with Crippen molar-refractivity contribution in [2.24, 2.45) is 5.92 Å². The van der Waals surface area contributed by atoms with Gasteiger partial charge in [-0.2, -0.15) is 0 Å². The molecule has 0 aromatic heterocycles. The summed E-state index contributed by atoms with van der Waals surface area (Å²) in [5.41, 5.74) is 3.81. The predicted molar refractivity (Wildman–Crippen MR) is 82.6 cm³/mol. The van der Waals surface area contributed by atoms with E-state index in [1.807, 2.05) is 0 Å². The maximum absolute atomic E-state index is 2.44. The van der Waals surface area contributed by atoms with Crippen molar-refractivity contribution in [1.29, 1.82) is 0 Å². The van der Waals surface area contributed by atoms with Gasteiger partial charge in [0, 0.05) is 0 Å². The summed E-state index contributed by atoms with van der Waals surface area (Å²) in [5, 5.41) is 3.31. The Hall–Kier alpha value is -1.34. The van der Waals surface area contributed by atoms with E-state index >= 15 is 0 Å². The van der Waals surface area contributed by atoms with E-state index in [0.29, 0.717) is 0 Å². The monoisotopic (exact) mass is 252 g/mol. The van der Waals surface area contributed by atoms with E-state index in [-0.39, 0.29) is 0 Å². The summed E-state index contributed by atoms with van der Waals surface area (Å²) in [6.45, 7) is 7.17. The fourth-order valence-corrected chi connectivity index (χ4v) is 7.19. The van der Waals surface area contributed by atoms with Crippen LogP contribution in [-0.2, 0) is 0 Å². The lowest BCUT2D eigenvalue weighted by molar-refractivity contribution is 0.618. The number of hydrogen-bond acceptors (Lipinski definition) is 0. The molecule has 0 nitrogen and oxygen atoms in total. The van der Waals surface area contributed by atoms with Crippen LogP contribution in [0.4, 0.5) is 0 Å². The standard InChI is InChI=1S/C17H20Si/c1-12(2)13(3)18-16-10-6-4-8-14(16)15-9-5-7-11-17(15)18/h4-13,18H,1-3H3. The maximum atomic E-state index is 2.44. The van der Waals surface area contributed by atoms with Crippen molar-refractivity contribution in [1.82, 2.24) is 0 Å². The molecular weight excluding hydrogens is 232 g/mol. The van der Waals surface area contributed by atoms with Crippen molar-refractivity contribution >= 4 is 19.2 Å². The summed E-state index contributed by atoms with van der Waals surface area (Å²) < 4.78 is 0. The van der Waals surface area contributed by atoms with E-state index in [1.54, 1.807) is 10.4 Å². The van der Waals surface area contributed by atoms with Crippen molar-refractivity contribution in [3.05, 3.63) is 48.5 Å². The molecular formula is C17H20Si. The van der Waals surface area contributed by atoms with E-state index in [0.717, 1.165) is 11.5 Å². The highest BCUT2D eigenvalue weighted by molar-refractivity contribution is 6.90. The van der Waals surface area contributed by atoms with Crippen LogP contribution in [-0.4, -0.2) is 8.80 Å². The Morgan fingerprint density at radius 2 is 1.17 bits per heavy atom. The highest BCUT2D eigenvalue weighted by atomic mass is 28.3. The molecule has 1 aliphatic heterocycles. The maximum Gasteiger partial charge on any atom is 0.107 e. The van der Waals surface area contributed by atoms with Gasteiger partial charge in [-0.05, 0) is 33.0 Å². The zero-order valence-corrected chi connectivity index (χ0v) is 12.5. The number of hydrogen-bond donors (Lipinski definition) is 0. The molecule has 0 fully saturated rings. The summed E-state index contributed by atoms with van der Waals surface area (Å²) in [6, 6.07) is 18.1. The fourth-order valence-electron chi connectivity index (χ4n) is 3.15. The summed E-state index contributed by atoms with van der Waals surface area (Å²) in [7, 11) is -1.03. The molecule has 0 aliphatic carbocycles. The minimum absolute atomic E-state index is 0.765. The molecule has 1 heteroatoms. The first kappa shape index (κ1) is 11.7. The van der Waals surface area contributed by atoms with Crippen molar-refractivity contribution in [3.63, 3.8) is 0 Å². The smallest absolute Gasteiger partial charge is 0.0643 e. The van der Waals surface area contributed by atoms with Crippen LogP contribution in [0.3, 0.4) is 0 Å². The molecule has 1 atom stereocenters. The average Bonchev–Trinajstić information content (AvgIpc) is 2.72. The Kier molecular flexibility index (Phi) is 2.87. The molecule has 0 amide bonds. The summed E-state index contributed by atoms with van der Waals surface area (Å²) in [5.74, 6) is 0.765. The second-order valence-corrected chi connectivity index (χ2v) is 9.01. The Balaban J connectivity index is 2.21. The molecule has 18 heavy (non-hydrogen) atoms.